The molecule has 0 aromatic carbocycles. The van der Waals surface area contributed by atoms with Crippen LogP contribution in [-0.4, -0.2) is 32.5 Å². The van der Waals surface area contributed by atoms with E-state index in [1.54, 1.807) is 23.7 Å². The van der Waals surface area contributed by atoms with Crippen LogP contribution in [-0.2, 0) is 11.2 Å². The second-order valence-corrected chi connectivity index (χ2v) is 6.88. The van der Waals surface area contributed by atoms with Crippen LogP contribution in [0.4, 0.5) is 0 Å². The fourth-order valence-corrected chi connectivity index (χ4v) is 3.81. The van der Waals surface area contributed by atoms with E-state index in [0.717, 1.165) is 36.9 Å². The summed E-state index contributed by atoms with van der Waals surface area (Å²) in [6.45, 7) is 0.737. The van der Waals surface area contributed by atoms with Gasteiger partial charge in [-0.15, -0.1) is 0 Å². The van der Waals surface area contributed by atoms with Crippen LogP contribution in [0.3, 0.4) is 0 Å². The topological polar surface area (TPSA) is 72.1 Å². The van der Waals surface area contributed by atoms with Gasteiger partial charge in [0.1, 0.15) is 6.04 Å². The Labute approximate surface area is 149 Å². The maximum atomic E-state index is 12.8. The number of rotatable bonds is 4. The lowest BCUT2D eigenvalue weighted by atomic mass is 10.0. The summed E-state index contributed by atoms with van der Waals surface area (Å²) < 4.78 is 5.50. The van der Waals surface area contributed by atoms with Gasteiger partial charge in [0, 0.05) is 24.5 Å². The minimum absolute atomic E-state index is 0.117. The third-order valence-electron chi connectivity index (χ3n) is 4.42. The molecule has 0 saturated carbocycles. The predicted molar refractivity (Wildman–Crippen MR) is 93.9 cm³/mol. The van der Waals surface area contributed by atoms with E-state index in [0.29, 0.717) is 18.1 Å². The monoisotopic (exact) mass is 354 g/mol. The molecule has 1 aliphatic rings. The number of hydrogen-bond donors (Lipinski definition) is 0. The van der Waals surface area contributed by atoms with E-state index in [-0.39, 0.29) is 11.9 Å². The number of hydrogen-bond acceptors (Lipinski definition) is 6. The van der Waals surface area contributed by atoms with Gasteiger partial charge in [0.05, 0.1) is 6.42 Å². The van der Waals surface area contributed by atoms with Gasteiger partial charge in [-0.3, -0.25) is 9.78 Å². The molecule has 1 amide bonds. The summed E-state index contributed by atoms with van der Waals surface area (Å²) in [5.74, 6) is 1.17. The van der Waals surface area contributed by atoms with E-state index in [1.807, 2.05) is 33.9 Å². The highest BCUT2D eigenvalue weighted by Crippen LogP contribution is 2.31. The summed E-state index contributed by atoms with van der Waals surface area (Å²) >= 11 is 1.61. The molecule has 1 atom stereocenters. The number of carbonyl (C=O) groups is 1. The molecule has 3 aromatic rings. The van der Waals surface area contributed by atoms with Crippen LogP contribution < -0.4 is 0 Å². The van der Waals surface area contributed by atoms with Crippen molar-refractivity contribution in [1.29, 1.82) is 0 Å². The molecule has 3 aromatic heterocycles. The van der Waals surface area contributed by atoms with Crippen LogP contribution in [0.15, 0.2) is 45.9 Å². The molecule has 0 bridgehead atoms. The molecule has 0 N–H and O–H groups in total. The molecule has 128 valence electrons. The van der Waals surface area contributed by atoms with E-state index in [1.165, 1.54) is 0 Å². The maximum absolute atomic E-state index is 12.8. The quantitative estimate of drug-likeness (QED) is 0.717. The summed E-state index contributed by atoms with van der Waals surface area (Å²) in [6.07, 6.45) is 6.74. The Morgan fingerprint density at radius 2 is 2.16 bits per heavy atom. The van der Waals surface area contributed by atoms with Crippen molar-refractivity contribution in [2.24, 2.45) is 0 Å². The zero-order valence-corrected chi connectivity index (χ0v) is 14.5. The molecule has 0 spiro atoms. The lowest BCUT2D eigenvalue weighted by molar-refractivity contribution is -0.135. The van der Waals surface area contributed by atoms with Gasteiger partial charge in [0.15, 0.2) is 0 Å². The molecule has 25 heavy (non-hydrogen) atoms. The Morgan fingerprint density at radius 3 is 2.96 bits per heavy atom. The maximum Gasteiger partial charge on any atom is 0.249 e. The van der Waals surface area contributed by atoms with Gasteiger partial charge in [-0.2, -0.15) is 16.3 Å². The average Bonchev–Trinajstić information content (AvgIpc) is 3.34. The van der Waals surface area contributed by atoms with Crippen molar-refractivity contribution in [3.63, 3.8) is 0 Å². The van der Waals surface area contributed by atoms with Gasteiger partial charge in [0.2, 0.25) is 17.6 Å². The molecule has 0 unspecified atom stereocenters. The fraction of sp³-hybridized carbons (Fsp3) is 0.333. The van der Waals surface area contributed by atoms with Gasteiger partial charge in [-0.1, -0.05) is 5.16 Å². The highest BCUT2D eigenvalue weighted by molar-refractivity contribution is 7.08. The normalized spacial score (nSPS) is 17.6. The third-order valence-corrected chi connectivity index (χ3v) is 5.16. The van der Waals surface area contributed by atoms with Crippen molar-refractivity contribution >= 4 is 17.2 Å². The SMILES string of the molecule is O=C(Cc1ccsc1)N1CCCC[C@@H]1c1nc(-c2ccncc2)no1. The molecule has 1 fully saturated rings. The molecule has 4 rings (SSSR count). The van der Waals surface area contributed by atoms with Crippen LogP contribution in [0, 0.1) is 0 Å². The summed E-state index contributed by atoms with van der Waals surface area (Å²) in [5.41, 5.74) is 1.92. The lowest BCUT2D eigenvalue weighted by Gasteiger charge is -2.33. The smallest absolute Gasteiger partial charge is 0.249 e. The number of carbonyl (C=O) groups excluding carboxylic acids is 1. The Morgan fingerprint density at radius 1 is 1.28 bits per heavy atom. The van der Waals surface area contributed by atoms with Crippen LogP contribution in [0.1, 0.15) is 36.8 Å². The minimum atomic E-state index is -0.136. The zero-order valence-electron chi connectivity index (χ0n) is 13.7. The Hall–Kier alpha value is -2.54. The van der Waals surface area contributed by atoms with Crippen molar-refractivity contribution in [3.8, 4) is 11.4 Å². The van der Waals surface area contributed by atoms with Crippen molar-refractivity contribution in [2.75, 3.05) is 6.54 Å². The molecule has 0 aliphatic carbocycles. The minimum Gasteiger partial charge on any atom is -0.337 e. The first-order chi connectivity index (χ1) is 12.3. The molecule has 1 aliphatic heterocycles. The standard InChI is InChI=1S/C18H18N4O2S/c23-16(11-13-6-10-25-12-13)22-9-2-1-3-15(22)18-20-17(21-24-18)14-4-7-19-8-5-14/h4-8,10,12,15H,1-3,9,11H2/t15-/m1/s1. The van der Waals surface area contributed by atoms with Crippen molar-refractivity contribution in [1.82, 2.24) is 20.0 Å². The molecular weight excluding hydrogens is 336 g/mol. The third kappa shape index (κ3) is 3.46. The second-order valence-electron chi connectivity index (χ2n) is 6.10. The Balaban J connectivity index is 1.55. The molecule has 0 radical (unpaired) electrons. The van der Waals surface area contributed by atoms with Gasteiger partial charge in [0.25, 0.3) is 0 Å². The van der Waals surface area contributed by atoms with E-state index in [4.69, 9.17) is 4.52 Å². The predicted octanol–water partition coefficient (Wildman–Crippen LogP) is 3.49. The van der Waals surface area contributed by atoms with E-state index < -0.39 is 0 Å². The number of likely N-dealkylation sites (tertiary alicyclic amines) is 1. The number of nitrogens with zero attached hydrogens (tertiary/aromatic N) is 4. The van der Waals surface area contributed by atoms with E-state index in [9.17, 15) is 4.79 Å². The number of aromatic nitrogens is 3. The molecule has 4 heterocycles. The van der Waals surface area contributed by atoms with Crippen LogP contribution >= 0.6 is 11.3 Å². The van der Waals surface area contributed by atoms with Crippen LogP contribution in [0.2, 0.25) is 0 Å². The number of amides is 1. The summed E-state index contributed by atoms with van der Waals surface area (Å²) in [7, 11) is 0. The Kier molecular flexibility index (Phi) is 4.56. The van der Waals surface area contributed by atoms with Gasteiger partial charge < -0.3 is 9.42 Å². The van der Waals surface area contributed by atoms with Gasteiger partial charge in [-0.05, 0) is 53.8 Å². The highest BCUT2D eigenvalue weighted by atomic mass is 32.1. The number of pyridine rings is 1. The van der Waals surface area contributed by atoms with Gasteiger partial charge in [-0.25, -0.2) is 0 Å². The average molecular weight is 354 g/mol. The zero-order chi connectivity index (χ0) is 17.1. The summed E-state index contributed by atoms with van der Waals surface area (Å²) in [5, 5.41) is 8.10. The fourth-order valence-electron chi connectivity index (χ4n) is 3.14. The first kappa shape index (κ1) is 16.0. The first-order valence-electron chi connectivity index (χ1n) is 8.36. The Bertz CT molecular complexity index is 832. The molecule has 6 nitrogen and oxygen atoms in total. The molecule has 1 saturated heterocycles. The number of thiophene rings is 1. The van der Waals surface area contributed by atoms with Crippen LogP contribution in [0.5, 0.6) is 0 Å². The van der Waals surface area contributed by atoms with Crippen molar-refractivity contribution in [2.45, 2.75) is 31.7 Å². The van der Waals surface area contributed by atoms with E-state index >= 15 is 0 Å². The lowest BCUT2D eigenvalue weighted by Crippen LogP contribution is -2.39. The largest absolute Gasteiger partial charge is 0.337 e. The van der Waals surface area contributed by atoms with Crippen molar-refractivity contribution in [3.05, 3.63) is 52.8 Å². The number of piperidine rings is 1. The van der Waals surface area contributed by atoms with Gasteiger partial charge >= 0.3 is 0 Å². The molecular formula is C18H18N4O2S. The van der Waals surface area contributed by atoms with E-state index in [2.05, 4.69) is 15.1 Å². The summed E-state index contributed by atoms with van der Waals surface area (Å²) in [4.78, 5) is 23.2. The summed E-state index contributed by atoms with van der Waals surface area (Å²) in [6, 6.07) is 5.54. The first-order valence-corrected chi connectivity index (χ1v) is 9.30. The van der Waals surface area contributed by atoms with Crippen molar-refractivity contribution < 1.29 is 9.32 Å². The molecule has 7 heteroatoms. The highest BCUT2D eigenvalue weighted by Gasteiger charge is 2.32. The van der Waals surface area contributed by atoms with Crippen LogP contribution in [0.25, 0.3) is 11.4 Å². The second kappa shape index (κ2) is 7.14.